The van der Waals surface area contributed by atoms with E-state index in [1.54, 1.807) is 0 Å². The van der Waals surface area contributed by atoms with Crippen LogP contribution in [-0.2, 0) is 9.84 Å². The van der Waals surface area contributed by atoms with Crippen LogP contribution in [0.3, 0.4) is 0 Å². The van der Waals surface area contributed by atoms with Crippen molar-refractivity contribution in [3.05, 3.63) is 33.8 Å². The van der Waals surface area contributed by atoms with Gasteiger partial charge in [0, 0.05) is 16.8 Å². The zero-order chi connectivity index (χ0) is 13.2. The fraction of sp³-hybridized carbons (Fsp3) is 0.300. The lowest BCUT2D eigenvalue weighted by Gasteiger charge is -2.12. The van der Waals surface area contributed by atoms with Crippen molar-refractivity contribution in [2.24, 2.45) is 0 Å². The van der Waals surface area contributed by atoms with E-state index < -0.39 is 27.5 Å². The zero-order valence-electron chi connectivity index (χ0n) is 8.85. The second kappa shape index (κ2) is 5.35. The molecule has 1 N–H and O–H groups in total. The van der Waals surface area contributed by atoms with Gasteiger partial charge in [0.2, 0.25) is 0 Å². The normalized spacial score (nSPS) is 13.4. The summed E-state index contributed by atoms with van der Waals surface area (Å²) >= 11 is 11.5. The summed E-state index contributed by atoms with van der Waals surface area (Å²) in [6, 6.07) is 4.10. The maximum Gasteiger partial charge on any atom is 0.184 e. The van der Waals surface area contributed by atoms with Gasteiger partial charge in [-0.2, -0.15) is 0 Å². The number of hydrogen-bond donors (Lipinski definition) is 1. The molecular weight excluding hydrogens is 287 g/mol. The minimum Gasteiger partial charge on any atom is -0.395 e. The Labute approximate surface area is 109 Å². The van der Waals surface area contributed by atoms with Crippen molar-refractivity contribution in [3.8, 4) is 0 Å². The van der Waals surface area contributed by atoms with Gasteiger partial charge in [-0.1, -0.05) is 23.2 Å². The Bertz CT molecular complexity index is 539. The van der Waals surface area contributed by atoms with Gasteiger partial charge < -0.3 is 5.11 Å². The van der Waals surface area contributed by atoms with Crippen LogP contribution in [0.1, 0.15) is 10.4 Å². The average molecular weight is 297 g/mol. The molecule has 7 heteroatoms. The predicted molar refractivity (Wildman–Crippen MR) is 66.5 cm³/mol. The van der Waals surface area contributed by atoms with Crippen LogP contribution in [0.5, 0.6) is 0 Å². The van der Waals surface area contributed by atoms with E-state index in [4.69, 9.17) is 28.3 Å². The van der Waals surface area contributed by atoms with Gasteiger partial charge in [-0.25, -0.2) is 8.42 Å². The summed E-state index contributed by atoms with van der Waals surface area (Å²) < 4.78 is 22.6. The SMILES string of the molecule is CS(=O)(=O)[C@H](CO)C(=O)c1ccc(Cl)cc1Cl. The third-order valence-electron chi connectivity index (χ3n) is 2.17. The number of carbonyl (C=O) groups excluding carboxylic acids is 1. The van der Waals surface area contributed by atoms with Crippen molar-refractivity contribution in [1.29, 1.82) is 0 Å². The molecule has 0 aliphatic carbocycles. The summed E-state index contributed by atoms with van der Waals surface area (Å²) in [6.45, 7) is -0.781. The number of aliphatic hydroxyl groups is 1. The molecule has 1 atom stereocenters. The Balaban J connectivity index is 3.20. The lowest BCUT2D eigenvalue weighted by molar-refractivity contribution is 0.0962. The monoisotopic (exact) mass is 296 g/mol. The van der Waals surface area contributed by atoms with Crippen LogP contribution in [0.2, 0.25) is 10.0 Å². The number of carbonyl (C=O) groups is 1. The molecule has 94 valence electrons. The summed E-state index contributed by atoms with van der Waals surface area (Å²) in [5, 5.41) is 7.87. The molecule has 0 aromatic heterocycles. The van der Waals surface area contributed by atoms with Crippen molar-refractivity contribution in [2.75, 3.05) is 12.9 Å². The van der Waals surface area contributed by atoms with E-state index in [1.165, 1.54) is 18.2 Å². The summed E-state index contributed by atoms with van der Waals surface area (Å²) in [5.74, 6) is -0.739. The smallest absolute Gasteiger partial charge is 0.184 e. The second-order valence-corrected chi connectivity index (χ2v) is 6.56. The first-order chi connectivity index (χ1) is 7.77. The number of benzene rings is 1. The molecule has 1 rings (SSSR count). The number of ketones is 1. The van der Waals surface area contributed by atoms with Crippen LogP contribution >= 0.6 is 23.2 Å². The number of aliphatic hydroxyl groups excluding tert-OH is 1. The van der Waals surface area contributed by atoms with Gasteiger partial charge in [0.15, 0.2) is 15.6 Å². The Morgan fingerprint density at radius 1 is 1.41 bits per heavy atom. The number of halogens is 2. The number of Topliss-reactive ketones (excluding diaryl/α,β-unsaturated/α-hetero) is 1. The Morgan fingerprint density at radius 2 is 2.00 bits per heavy atom. The molecule has 0 saturated carbocycles. The number of rotatable bonds is 4. The maximum absolute atomic E-state index is 11.9. The van der Waals surface area contributed by atoms with Crippen molar-refractivity contribution in [1.82, 2.24) is 0 Å². The van der Waals surface area contributed by atoms with Crippen molar-refractivity contribution in [2.45, 2.75) is 5.25 Å². The molecule has 0 unspecified atom stereocenters. The summed E-state index contributed by atoms with van der Waals surface area (Å²) in [5.41, 5.74) is 0.0283. The minimum absolute atomic E-state index is 0.0283. The summed E-state index contributed by atoms with van der Waals surface area (Å²) in [7, 11) is -3.68. The van der Waals surface area contributed by atoms with Crippen LogP contribution in [-0.4, -0.2) is 37.4 Å². The van der Waals surface area contributed by atoms with E-state index in [0.717, 1.165) is 6.26 Å². The summed E-state index contributed by atoms with van der Waals surface area (Å²) in [4.78, 5) is 11.9. The molecule has 0 aliphatic heterocycles. The minimum atomic E-state index is -3.68. The molecule has 0 radical (unpaired) electrons. The van der Waals surface area contributed by atoms with Gasteiger partial charge in [0.05, 0.1) is 11.6 Å². The highest BCUT2D eigenvalue weighted by Gasteiger charge is 2.30. The lowest BCUT2D eigenvalue weighted by atomic mass is 10.1. The molecule has 0 spiro atoms. The van der Waals surface area contributed by atoms with Crippen molar-refractivity contribution < 1.29 is 18.3 Å². The molecule has 0 bridgehead atoms. The standard InChI is InChI=1S/C10H10Cl2O4S/c1-17(15,16)9(5-13)10(14)7-3-2-6(11)4-8(7)12/h2-4,9,13H,5H2,1H3/t9-/m1/s1. The summed E-state index contributed by atoms with van der Waals surface area (Å²) in [6.07, 6.45) is 0.885. The van der Waals surface area contributed by atoms with E-state index >= 15 is 0 Å². The van der Waals surface area contributed by atoms with E-state index in [0.29, 0.717) is 5.02 Å². The van der Waals surface area contributed by atoms with Crippen LogP contribution in [0.25, 0.3) is 0 Å². The Hall–Kier alpha value is -0.620. The topological polar surface area (TPSA) is 71.4 Å². The highest BCUT2D eigenvalue weighted by atomic mass is 35.5. The van der Waals surface area contributed by atoms with E-state index in [2.05, 4.69) is 0 Å². The highest BCUT2D eigenvalue weighted by Crippen LogP contribution is 2.23. The molecule has 0 fully saturated rings. The third kappa shape index (κ3) is 3.42. The van der Waals surface area contributed by atoms with E-state index in [1.807, 2.05) is 0 Å². The molecule has 1 aromatic rings. The molecule has 0 heterocycles. The van der Waals surface area contributed by atoms with Gasteiger partial charge >= 0.3 is 0 Å². The van der Waals surface area contributed by atoms with Gasteiger partial charge in [-0.3, -0.25) is 4.79 Å². The van der Waals surface area contributed by atoms with E-state index in [9.17, 15) is 13.2 Å². The molecule has 0 saturated heterocycles. The Kier molecular flexibility index (Phi) is 4.55. The van der Waals surface area contributed by atoms with Gasteiger partial charge in [0.1, 0.15) is 5.25 Å². The van der Waals surface area contributed by atoms with Crippen molar-refractivity contribution in [3.63, 3.8) is 0 Å². The lowest BCUT2D eigenvalue weighted by Crippen LogP contribution is -2.33. The first-order valence-electron chi connectivity index (χ1n) is 4.56. The molecule has 0 amide bonds. The van der Waals surface area contributed by atoms with Crippen LogP contribution in [0.15, 0.2) is 18.2 Å². The van der Waals surface area contributed by atoms with Gasteiger partial charge in [0.25, 0.3) is 0 Å². The fourth-order valence-electron chi connectivity index (χ4n) is 1.28. The third-order valence-corrected chi connectivity index (χ3v) is 4.12. The molecule has 17 heavy (non-hydrogen) atoms. The largest absolute Gasteiger partial charge is 0.395 e. The molecule has 0 aliphatic rings. The number of hydrogen-bond acceptors (Lipinski definition) is 4. The van der Waals surface area contributed by atoms with Crippen LogP contribution < -0.4 is 0 Å². The first kappa shape index (κ1) is 14.4. The van der Waals surface area contributed by atoms with Crippen LogP contribution in [0, 0.1) is 0 Å². The quantitative estimate of drug-likeness (QED) is 0.857. The second-order valence-electron chi connectivity index (χ2n) is 3.49. The fourth-order valence-corrected chi connectivity index (χ4v) is 2.56. The van der Waals surface area contributed by atoms with E-state index in [-0.39, 0.29) is 10.6 Å². The molecule has 4 nitrogen and oxygen atoms in total. The average Bonchev–Trinajstić information content (AvgIpc) is 2.15. The Morgan fingerprint density at radius 3 is 2.41 bits per heavy atom. The highest BCUT2D eigenvalue weighted by molar-refractivity contribution is 7.92. The maximum atomic E-state index is 11.9. The number of sulfone groups is 1. The van der Waals surface area contributed by atoms with Gasteiger partial charge in [-0.05, 0) is 18.2 Å². The van der Waals surface area contributed by atoms with Gasteiger partial charge in [-0.15, -0.1) is 0 Å². The zero-order valence-corrected chi connectivity index (χ0v) is 11.2. The predicted octanol–water partition coefficient (Wildman–Crippen LogP) is 1.58. The molecular formula is C10H10Cl2O4S. The van der Waals surface area contributed by atoms with Crippen molar-refractivity contribution >= 4 is 38.8 Å². The first-order valence-corrected chi connectivity index (χ1v) is 7.27. The van der Waals surface area contributed by atoms with Crippen LogP contribution in [0.4, 0.5) is 0 Å². The molecule has 1 aromatic carbocycles.